The SMILES string of the molecule is C=C[C@@H]1C=C[C@H](C=C)[C@@H]2[C@@H]1N([C@@H](C)c1ccccc1)CN2[C@@H](C)c1ccccc1. The second kappa shape index (κ2) is 8.52. The molecule has 0 bridgehead atoms. The van der Waals surface area contributed by atoms with E-state index in [1.807, 2.05) is 0 Å². The predicted molar refractivity (Wildman–Crippen MR) is 122 cm³/mol. The zero-order chi connectivity index (χ0) is 20.4. The first kappa shape index (κ1) is 19.9. The summed E-state index contributed by atoms with van der Waals surface area (Å²) in [5.41, 5.74) is 2.74. The number of fused-ring (bicyclic) bond motifs is 1. The number of nitrogens with zero attached hydrogens (tertiary/aromatic N) is 2. The molecule has 150 valence electrons. The Hall–Kier alpha value is -2.42. The molecule has 2 nitrogen and oxygen atoms in total. The highest BCUT2D eigenvalue weighted by Gasteiger charge is 2.49. The Kier molecular flexibility index (Phi) is 5.84. The summed E-state index contributed by atoms with van der Waals surface area (Å²) in [5, 5.41) is 0. The Labute approximate surface area is 175 Å². The number of rotatable bonds is 6. The van der Waals surface area contributed by atoms with Gasteiger partial charge in [-0.1, -0.05) is 85.0 Å². The highest BCUT2D eigenvalue weighted by Crippen LogP contribution is 2.44. The average molecular weight is 385 g/mol. The van der Waals surface area contributed by atoms with Crippen LogP contribution in [-0.4, -0.2) is 28.6 Å². The maximum Gasteiger partial charge on any atom is 0.0525 e. The first-order valence-corrected chi connectivity index (χ1v) is 10.7. The molecule has 2 aromatic rings. The number of hydrogen-bond acceptors (Lipinski definition) is 2. The van der Waals surface area contributed by atoms with Gasteiger partial charge in [-0.2, -0.15) is 0 Å². The minimum atomic E-state index is 0.343. The Bertz CT molecular complexity index is 785. The van der Waals surface area contributed by atoms with Crippen molar-refractivity contribution < 1.29 is 0 Å². The van der Waals surface area contributed by atoms with E-state index in [1.165, 1.54) is 11.1 Å². The van der Waals surface area contributed by atoms with Crippen LogP contribution in [0, 0.1) is 11.8 Å². The standard InChI is InChI=1S/C27H32N2/c1-5-22-17-18-23(6-2)27-26(22)28(20(3)24-13-9-7-10-14-24)19-29(27)21(4)25-15-11-8-12-16-25/h5-18,20-23,26-27H,1-2,19H2,3-4H3/t20-,21-,22-,23+,26+,27+/m0/s1. The van der Waals surface area contributed by atoms with E-state index in [0.717, 1.165) is 6.67 Å². The monoisotopic (exact) mass is 384 g/mol. The van der Waals surface area contributed by atoms with E-state index >= 15 is 0 Å². The molecule has 0 unspecified atom stereocenters. The molecule has 4 rings (SSSR count). The lowest BCUT2D eigenvalue weighted by Crippen LogP contribution is -2.48. The van der Waals surface area contributed by atoms with Crippen LogP contribution < -0.4 is 0 Å². The molecule has 1 fully saturated rings. The lowest BCUT2D eigenvalue weighted by atomic mass is 9.78. The Morgan fingerprint density at radius 1 is 0.724 bits per heavy atom. The molecule has 1 aliphatic heterocycles. The van der Waals surface area contributed by atoms with E-state index < -0.39 is 0 Å². The van der Waals surface area contributed by atoms with Crippen LogP contribution in [0.4, 0.5) is 0 Å². The third-order valence-electron chi connectivity index (χ3n) is 6.89. The van der Waals surface area contributed by atoms with E-state index in [2.05, 4.69) is 122 Å². The smallest absolute Gasteiger partial charge is 0.0525 e. The molecule has 29 heavy (non-hydrogen) atoms. The lowest BCUT2D eigenvalue weighted by molar-refractivity contribution is 0.144. The molecular weight excluding hydrogens is 352 g/mol. The second-order valence-electron chi connectivity index (χ2n) is 8.34. The molecule has 2 heteroatoms. The van der Waals surface area contributed by atoms with Gasteiger partial charge in [-0.25, -0.2) is 0 Å². The van der Waals surface area contributed by atoms with Crippen LogP contribution in [0.15, 0.2) is 98.1 Å². The molecule has 0 amide bonds. The summed E-state index contributed by atoms with van der Waals surface area (Å²) < 4.78 is 0. The topological polar surface area (TPSA) is 6.48 Å². The summed E-state index contributed by atoms with van der Waals surface area (Å²) >= 11 is 0. The second-order valence-corrected chi connectivity index (χ2v) is 8.34. The molecule has 1 aliphatic carbocycles. The van der Waals surface area contributed by atoms with Gasteiger partial charge in [-0.3, -0.25) is 9.80 Å². The van der Waals surface area contributed by atoms with Crippen LogP contribution in [-0.2, 0) is 0 Å². The van der Waals surface area contributed by atoms with Crippen LogP contribution in [0.5, 0.6) is 0 Å². The van der Waals surface area contributed by atoms with Crippen LogP contribution in [0.25, 0.3) is 0 Å². The van der Waals surface area contributed by atoms with Crippen molar-refractivity contribution in [2.24, 2.45) is 11.8 Å². The third-order valence-corrected chi connectivity index (χ3v) is 6.89. The molecule has 2 aliphatic rings. The largest absolute Gasteiger partial charge is 0.278 e. The van der Waals surface area contributed by atoms with Crippen molar-refractivity contribution in [2.45, 2.75) is 38.0 Å². The molecule has 1 saturated heterocycles. The molecule has 0 N–H and O–H groups in total. The van der Waals surface area contributed by atoms with Gasteiger partial charge in [0.1, 0.15) is 0 Å². The average Bonchev–Trinajstić information content (AvgIpc) is 3.19. The summed E-state index contributed by atoms with van der Waals surface area (Å²) in [6.07, 6.45) is 8.91. The highest BCUT2D eigenvalue weighted by atomic mass is 15.4. The van der Waals surface area contributed by atoms with Crippen LogP contribution in [0.2, 0.25) is 0 Å². The van der Waals surface area contributed by atoms with Gasteiger partial charge in [0.2, 0.25) is 0 Å². The molecule has 0 saturated carbocycles. The summed E-state index contributed by atoms with van der Waals surface area (Å²) in [6.45, 7) is 14.0. The van der Waals surface area contributed by atoms with Gasteiger partial charge in [0, 0.05) is 36.0 Å². The number of benzene rings is 2. The summed E-state index contributed by atoms with van der Waals surface area (Å²) in [6, 6.07) is 23.2. The predicted octanol–water partition coefficient (Wildman–Crippen LogP) is 6.00. The van der Waals surface area contributed by atoms with E-state index in [-0.39, 0.29) is 0 Å². The first-order chi connectivity index (χ1) is 14.2. The van der Waals surface area contributed by atoms with E-state index in [0.29, 0.717) is 36.0 Å². The summed E-state index contributed by atoms with van der Waals surface area (Å²) in [7, 11) is 0. The van der Waals surface area contributed by atoms with Crippen LogP contribution in [0.1, 0.15) is 37.1 Å². The minimum Gasteiger partial charge on any atom is -0.278 e. The maximum atomic E-state index is 4.17. The molecule has 0 radical (unpaired) electrons. The fraction of sp³-hybridized carbons (Fsp3) is 0.333. The van der Waals surface area contributed by atoms with Crippen molar-refractivity contribution in [2.75, 3.05) is 6.67 Å². The van der Waals surface area contributed by atoms with Crippen molar-refractivity contribution in [3.8, 4) is 0 Å². The van der Waals surface area contributed by atoms with Crippen molar-refractivity contribution >= 4 is 0 Å². The van der Waals surface area contributed by atoms with E-state index in [9.17, 15) is 0 Å². The molecule has 0 aromatic heterocycles. The normalized spacial score (nSPS) is 29.2. The summed E-state index contributed by atoms with van der Waals surface area (Å²) in [5.74, 6) is 0.686. The van der Waals surface area contributed by atoms with Gasteiger partial charge in [-0.05, 0) is 25.0 Å². The van der Waals surface area contributed by atoms with Crippen LogP contribution in [0.3, 0.4) is 0 Å². The van der Waals surface area contributed by atoms with E-state index in [1.54, 1.807) is 0 Å². The zero-order valence-electron chi connectivity index (χ0n) is 17.6. The maximum absolute atomic E-state index is 4.17. The summed E-state index contributed by atoms with van der Waals surface area (Å²) in [4.78, 5) is 5.34. The fourth-order valence-corrected chi connectivity index (χ4v) is 5.19. The van der Waals surface area contributed by atoms with Gasteiger partial charge in [-0.15, -0.1) is 13.2 Å². The quantitative estimate of drug-likeness (QED) is 0.564. The highest BCUT2D eigenvalue weighted by molar-refractivity contribution is 5.27. The van der Waals surface area contributed by atoms with E-state index in [4.69, 9.17) is 0 Å². The molecule has 6 atom stereocenters. The third kappa shape index (κ3) is 3.63. The van der Waals surface area contributed by atoms with Crippen LogP contribution >= 0.6 is 0 Å². The Balaban J connectivity index is 1.74. The van der Waals surface area contributed by atoms with Gasteiger partial charge < -0.3 is 0 Å². The minimum absolute atomic E-state index is 0.343. The van der Waals surface area contributed by atoms with Crippen molar-refractivity contribution in [3.05, 3.63) is 109 Å². The van der Waals surface area contributed by atoms with Crippen molar-refractivity contribution in [1.82, 2.24) is 9.80 Å². The molecule has 0 spiro atoms. The van der Waals surface area contributed by atoms with Crippen molar-refractivity contribution in [3.63, 3.8) is 0 Å². The Morgan fingerprint density at radius 3 is 1.45 bits per heavy atom. The van der Waals surface area contributed by atoms with Gasteiger partial charge in [0.25, 0.3) is 0 Å². The van der Waals surface area contributed by atoms with Gasteiger partial charge >= 0.3 is 0 Å². The Morgan fingerprint density at radius 2 is 1.10 bits per heavy atom. The van der Waals surface area contributed by atoms with Gasteiger partial charge in [0.15, 0.2) is 0 Å². The first-order valence-electron chi connectivity index (χ1n) is 10.7. The molecule has 1 heterocycles. The fourth-order valence-electron chi connectivity index (χ4n) is 5.19. The zero-order valence-corrected chi connectivity index (χ0v) is 17.6. The lowest BCUT2D eigenvalue weighted by Gasteiger charge is -2.41. The number of hydrogen-bond donors (Lipinski definition) is 0. The molecule has 2 aromatic carbocycles. The van der Waals surface area contributed by atoms with Gasteiger partial charge in [0.05, 0.1) is 6.67 Å². The molecular formula is C27H32N2. The van der Waals surface area contributed by atoms with Crippen molar-refractivity contribution in [1.29, 1.82) is 0 Å².